The molecular weight excluding hydrogens is 122 g/mol. The molecule has 0 aromatic heterocycles. The molecule has 0 bridgehead atoms. The van der Waals surface area contributed by atoms with Crippen LogP contribution in [0.25, 0.3) is 0 Å². The second-order valence-electron chi connectivity index (χ2n) is 3.97. The van der Waals surface area contributed by atoms with Gasteiger partial charge in [-0.2, -0.15) is 0 Å². The Morgan fingerprint density at radius 1 is 1.20 bits per heavy atom. The minimum Gasteiger partial charge on any atom is -0.300 e. The fourth-order valence-electron chi connectivity index (χ4n) is 2.00. The quantitative estimate of drug-likeness (QED) is 0.536. The molecule has 0 spiro atoms. The third-order valence-corrected chi connectivity index (χ3v) is 2.75. The molecule has 2 fully saturated rings. The van der Waals surface area contributed by atoms with Crippen LogP contribution in [-0.2, 0) is 0 Å². The van der Waals surface area contributed by atoms with Crippen molar-refractivity contribution < 1.29 is 0 Å². The van der Waals surface area contributed by atoms with Gasteiger partial charge in [-0.1, -0.05) is 6.92 Å². The lowest BCUT2D eigenvalue weighted by Gasteiger charge is -2.30. The van der Waals surface area contributed by atoms with Crippen LogP contribution >= 0.6 is 0 Å². The van der Waals surface area contributed by atoms with Gasteiger partial charge in [-0.3, -0.25) is 0 Å². The largest absolute Gasteiger partial charge is 0.300 e. The summed E-state index contributed by atoms with van der Waals surface area (Å²) in [4.78, 5) is 2.69. The van der Waals surface area contributed by atoms with Crippen LogP contribution in [0.2, 0.25) is 0 Å². The van der Waals surface area contributed by atoms with E-state index in [0.717, 1.165) is 12.0 Å². The maximum absolute atomic E-state index is 2.69. The van der Waals surface area contributed by atoms with E-state index in [9.17, 15) is 0 Å². The Labute approximate surface area is 63.4 Å². The van der Waals surface area contributed by atoms with Crippen molar-refractivity contribution in [3.63, 3.8) is 0 Å². The molecule has 2 aliphatic rings. The molecule has 0 amide bonds. The second-order valence-corrected chi connectivity index (χ2v) is 3.97. The Morgan fingerprint density at radius 3 is 2.60 bits per heavy atom. The summed E-state index contributed by atoms with van der Waals surface area (Å²) in [7, 11) is 0. The Hall–Kier alpha value is -0.0400. The number of nitrogens with zero attached hydrogens (tertiary/aromatic N) is 1. The minimum atomic E-state index is 0.967. The average molecular weight is 139 g/mol. The van der Waals surface area contributed by atoms with Gasteiger partial charge in [0.2, 0.25) is 0 Å². The Morgan fingerprint density at radius 2 is 2.00 bits per heavy atom. The lowest BCUT2D eigenvalue weighted by molar-refractivity contribution is 0.175. The third-order valence-electron chi connectivity index (χ3n) is 2.75. The van der Waals surface area contributed by atoms with Gasteiger partial charge in [0.1, 0.15) is 0 Å². The molecule has 0 aromatic rings. The molecular formula is C9H17N. The summed E-state index contributed by atoms with van der Waals surface area (Å²) in [5.74, 6) is 0.967. The van der Waals surface area contributed by atoms with Gasteiger partial charge in [0.15, 0.2) is 0 Å². The standard InChI is InChI=1S/C9H17N/c1-8-3-2-6-10(7-8)9-4-5-9/h8-9H,2-7H2,1H3/t8-/m0/s1. The normalized spacial score (nSPS) is 36.3. The fraction of sp³-hybridized carbons (Fsp3) is 1.00. The van der Waals surface area contributed by atoms with Crippen LogP contribution in [0.5, 0.6) is 0 Å². The summed E-state index contributed by atoms with van der Waals surface area (Å²) in [6, 6.07) is 1.00. The van der Waals surface area contributed by atoms with Crippen LogP contribution < -0.4 is 0 Å². The van der Waals surface area contributed by atoms with E-state index in [0.29, 0.717) is 0 Å². The van der Waals surface area contributed by atoms with Crippen molar-refractivity contribution in [1.82, 2.24) is 4.90 Å². The maximum atomic E-state index is 2.69. The molecule has 1 saturated carbocycles. The molecule has 1 nitrogen and oxygen atoms in total. The Kier molecular flexibility index (Phi) is 1.69. The first-order valence-corrected chi connectivity index (χ1v) is 4.60. The van der Waals surface area contributed by atoms with Crippen molar-refractivity contribution in [1.29, 1.82) is 0 Å². The SMILES string of the molecule is C[C@H]1CCCN(C2CC2)C1. The van der Waals surface area contributed by atoms with E-state index in [1.165, 1.54) is 38.8 Å². The first-order valence-electron chi connectivity index (χ1n) is 4.60. The van der Waals surface area contributed by atoms with Crippen LogP contribution in [0.3, 0.4) is 0 Å². The molecule has 2 rings (SSSR count). The van der Waals surface area contributed by atoms with Gasteiger partial charge in [-0.05, 0) is 38.1 Å². The van der Waals surface area contributed by atoms with Crippen molar-refractivity contribution >= 4 is 0 Å². The van der Waals surface area contributed by atoms with Crippen LogP contribution in [-0.4, -0.2) is 24.0 Å². The van der Waals surface area contributed by atoms with E-state index < -0.39 is 0 Å². The summed E-state index contributed by atoms with van der Waals surface area (Å²) in [5.41, 5.74) is 0. The molecule has 0 unspecified atom stereocenters. The van der Waals surface area contributed by atoms with Crippen molar-refractivity contribution in [2.75, 3.05) is 13.1 Å². The zero-order chi connectivity index (χ0) is 6.97. The predicted octanol–water partition coefficient (Wildman–Crippen LogP) is 1.88. The van der Waals surface area contributed by atoms with E-state index in [-0.39, 0.29) is 0 Å². The molecule has 1 aliphatic carbocycles. The molecule has 1 aliphatic heterocycles. The van der Waals surface area contributed by atoms with Gasteiger partial charge >= 0.3 is 0 Å². The van der Waals surface area contributed by atoms with Gasteiger partial charge in [0.05, 0.1) is 0 Å². The van der Waals surface area contributed by atoms with Crippen LogP contribution in [0.15, 0.2) is 0 Å². The summed E-state index contributed by atoms with van der Waals surface area (Å²) in [6.45, 7) is 5.15. The average Bonchev–Trinajstić information content (AvgIpc) is 2.68. The Bertz CT molecular complexity index is 118. The fourth-order valence-corrected chi connectivity index (χ4v) is 2.00. The highest BCUT2D eigenvalue weighted by Crippen LogP contribution is 2.30. The minimum absolute atomic E-state index is 0.967. The number of rotatable bonds is 1. The molecule has 1 heterocycles. The molecule has 1 atom stereocenters. The van der Waals surface area contributed by atoms with Gasteiger partial charge in [-0.25, -0.2) is 0 Å². The van der Waals surface area contributed by atoms with Gasteiger partial charge in [0, 0.05) is 12.6 Å². The number of hydrogen-bond acceptors (Lipinski definition) is 1. The summed E-state index contributed by atoms with van der Waals surface area (Å²) in [6.07, 6.45) is 5.86. The zero-order valence-corrected chi connectivity index (χ0v) is 6.84. The lowest BCUT2D eigenvalue weighted by atomic mass is 10.0. The van der Waals surface area contributed by atoms with Gasteiger partial charge < -0.3 is 4.90 Å². The highest BCUT2D eigenvalue weighted by molar-refractivity contribution is 4.86. The van der Waals surface area contributed by atoms with Gasteiger partial charge in [-0.15, -0.1) is 0 Å². The number of piperidine rings is 1. The van der Waals surface area contributed by atoms with Crippen molar-refractivity contribution in [2.45, 2.75) is 38.6 Å². The molecule has 0 aromatic carbocycles. The second kappa shape index (κ2) is 2.54. The van der Waals surface area contributed by atoms with E-state index in [1.807, 2.05) is 0 Å². The molecule has 0 radical (unpaired) electrons. The summed E-state index contributed by atoms with van der Waals surface area (Å²) in [5, 5.41) is 0. The monoisotopic (exact) mass is 139 g/mol. The molecule has 58 valence electrons. The smallest absolute Gasteiger partial charge is 0.00965 e. The molecule has 1 heteroatoms. The Balaban J connectivity index is 1.84. The molecule has 1 saturated heterocycles. The topological polar surface area (TPSA) is 3.24 Å². The van der Waals surface area contributed by atoms with Crippen LogP contribution in [0, 0.1) is 5.92 Å². The van der Waals surface area contributed by atoms with Crippen LogP contribution in [0.1, 0.15) is 32.6 Å². The first kappa shape index (κ1) is 6.66. The third kappa shape index (κ3) is 1.34. The number of likely N-dealkylation sites (tertiary alicyclic amines) is 1. The predicted molar refractivity (Wildman–Crippen MR) is 43.0 cm³/mol. The maximum Gasteiger partial charge on any atom is 0.00965 e. The number of hydrogen-bond donors (Lipinski definition) is 0. The van der Waals surface area contributed by atoms with Crippen molar-refractivity contribution in [2.24, 2.45) is 5.92 Å². The molecule has 10 heavy (non-hydrogen) atoms. The first-order chi connectivity index (χ1) is 4.86. The van der Waals surface area contributed by atoms with E-state index >= 15 is 0 Å². The van der Waals surface area contributed by atoms with Gasteiger partial charge in [0.25, 0.3) is 0 Å². The van der Waals surface area contributed by atoms with E-state index in [2.05, 4.69) is 11.8 Å². The van der Waals surface area contributed by atoms with Crippen molar-refractivity contribution in [3.05, 3.63) is 0 Å². The highest BCUT2D eigenvalue weighted by atomic mass is 15.2. The van der Waals surface area contributed by atoms with E-state index in [4.69, 9.17) is 0 Å². The lowest BCUT2D eigenvalue weighted by Crippen LogP contribution is -2.35. The highest BCUT2D eigenvalue weighted by Gasteiger charge is 2.30. The molecule has 0 N–H and O–H groups in total. The van der Waals surface area contributed by atoms with E-state index in [1.54, 1.807) is 0 Å². The zero-order valence-electron chi connectivity index (χ0n) is 6.84. The summed E-state index contributed by atoms with van der Waals surface area (Å²) >= 11 is 0. The van der Waals surface area contributed by atoms with Crippen molar-refractivity contribution in [3.8, 4) is 0 Å². The van der Waals surface area contributed by atoms with Crippen LogP contribution in [0.4, 0.5) is 0 Å². The summed E-state index contributed by atoms with van der Waals surface area (Å²) < 4.78 is 0.